The molecule has 0 bridgehead atoms. The van der Waals surface area contributed by atoms with Gasteiger partial charge in [-0.25, -0.2) is 13.8 Å². The van der Waals surface area contributed by atoms with E-state index >= 15 is 0 Å². The van der Waals surface area contributed by atoms with Crippen molar-refractivity contribution >= 4 is 29.0 Å². The van der Waals surface area contributed by atoms with E-state index in [0.29, 0.717) is 15.9 Å². The van der Waals surface area contributed by atoms with Crippen LogP contribution in [0.5, 0.6) is 0 Å². The normalized spacial score (nSPS) is 10.4. The highest BCUT2D eigenvalue weighted by atomic mass is 35.5. The Morgan fingerprint density at radius 2 is 1.94 bits per heavy atom. The molecule has 1 heterocycles. The number of aromatic nitrogens is 1. The minimum absolute atomic E-state index is 0.0813. The van der Waals surface area contributed by atoms with E-state index in [-0.39, 0.29) is 12.1 Å². The smallest absolute Gasteiger partial charge is 0.145 e. The van der Waals surface area contributed by atoms with Crippen LogP contribution in [0.4, 0.5) is 14.6 Å². The molecule has 2 aromatic rings. The summed E-state index contributed by atoms with van der Waals surface area (Å²) >= 11 is 11.6. The first-order valence-electron chi connectivity index (χ1n) is 5.05. The van der Waals surface area contributed by atoms with Crippen molar-refractivity contribution < 1.29 is 8.78 Å². The van der Waals surface area contributed by atoms with Crippen molar-refractivity contribution in [1.29, 1.82) is 0 Å². The molecule has 6 heteroatoms. The molecule has 2 nitrogen and oxygen atoms in total. The van der Waals surface area contributed by atoms with E-state index in [9.17, 15) is 8.78 Å². The van der Waals surface area contributed by atoms with Gasteiger partial charge in [-0.15, -0.1) is 0 Å². The SMILES string of the molecule is Fc1ccc(F)c(CNc2ncc(Cl)cc2Cl)c1. The van der Waals surface area contributed by atoms with Crippen LogP contribution in [0.2, 0.25) is 10.0 Å². The molecule has 1 aromatic carbocycles. The molecule has 0 saturated carbocycles. The molecule has 0 saturated heterocycles. The van der Waals surface area contributed by atoms with Crippen molar-refractivity contribution in [2.45, 2.75) is 6.54 Å². The van der Waals surface area contributed by atoms with E-state index in [1.165, 1.54) is 12.3 Å². The zero-order valence-corrected chi connectivity index (χ0v) is 10.6. The van der Waals surface area contributed by atoms with Gasteiger partial charge in [-0.2, -0.15) is 0 Å². The first-order valence-corrected chi connectivity index (χ1v) is 5.80. The Morgan fingerprint density at radius 1 is 1.17 bits per heavy atom. The van der Waals surface area contributed by atoms with E-state index in [1.54, 1.807) is 0 Å². The molecule has 2 rings (SSSR count). The monoisotopic (exact) mass is 288 g/mol. The van der Waals surface area contributed by atoms with Crippen LogP contribution < -0.4 is 5.32 Å². The highest BCUT2D eigenvalue weighted by Gasteiger charge is 2.06. The summed E-state index contributed by atoms with van der Waals surface area (Å²) in [6.07, 6.45) is 1.41. The fourth-order valence-electron chi connectivity index (χ4n) is 1.40. The van der Waals surface area contributed by atoms with Gasteiger partial charge in [-0.3, -0.25) is 0 Å². The molecule has 1 aromatic heterocycles. The number of halogens is 4. The van der Waals surface area contributed by atoms with Crippen LogP contribution in [0.3, 0.4) is 0 Å². The van der Waals surface area contributed by atoms with Gasteiger partial charge < -0.3 is 5.32 Å². The molecule has 0 atom stereocenters. The number of nitrogens with one attached hydrogen (secondary N) is 1. The first-order chi connectivity index (χ1) is 8.56. The van der Waals surface area contributed by atoms with E-state index in [4.69, 9.17) is 23.2 Å². The number of pyridine rings is 1. The van der Waals surface area contributed by atoms with Crippen LogP contribution in [0.1, 0.15) is 5.56 Å². The van der Waals surface area contributed by atoms with E-state index in [0.717, 1.165) is 18.2 Å². The van der Waals surface area contributed by atoms with Crippen molar-refractivity contribution in [2.24, 2.45) is 0 Å². The van der Waals surface area contributed by atoms with E-state index in [2.05, 4.69) is 10.3 Å². The number of nitrogens with zero attached hydrogens (tertiary/aromatic N) is 1. The number of hydrogen-bond donors (Lipinski definition) is 1. The Labute approximate surface area is 113 Å². The Balaban J connectivity index is 2.13. The molecule has 0 aliphatic carbocycles. The van der Waals surface area contributed by atoms with Crippen LogP contribution in [0.25, 0.3) is 0 Å². The van der Waals surface area contributed by atoms with Gasteiger partial charge in [0.15, 0.2) is 0 Å². The van der Waals surface area contributed by atoms with Crippen molar-refractivity contribution in [2.75, 3.05) is 5.32 Å². The third-order valence-corrected chi connectivity index (χ3v) is 2.76. The fraction of sp³-hybridized carbons (Fsp3) is 0.0833. The van der Waals surface area contributed by atoms with Gasteiger partial charge in [0.2, 0.25) is 0 Å². The molecule has 18 heavy (non-hydrogen) atoms. The van der Waals surface area contributed by atoms with Crippen LogP contribution in [-0.4, -0.2) is 4.98 Å². The number of benzene rings is 1. The van der Waals surface area contributed by atoms with Crippen LogP contribution in [0.15, 0.2) is 30.5 Å². The van der Waals surface area contributed by atoms with Crippen LogP contribution in [-0.2, 0) is 6.54 Å². The van der Waals surface area contributed by atoms with Crippen molar-refractivity contribution in [1.82, 2.24) is 4.98 Å². The second kappa shape index (κ2) is 5.50. The summed E-state index contributed by atoms with van der Waals surface area (Å²) in [5.74, 6) is -0.623. The Kier molecular flexibility index (Phi) is 3.99. The summed E-state index contributed by atoms with van der Waals surface area (Å²) in [7, 11) is 0. The molecule has 0 unspecified atom stereocenters. The number of anilines is 1. The maximum atomic E-state index is 13.4. The standard InChI is InChI=1S/C12H8Cl2F2N2/c13-8-4-10(14)12(18-6-8)17-5-7-3-9(15)1-2-11(7)16/h1-4,6H,5H2,(H,17,18). The minimum Gasteiger partial charge on any atom is -0.365 e. The second-order valence-corrected chi connectivity index (χ2v) is 4.42. The lowest BCUT2D eigenvalue weighted by molar-refractivity contribution is 0.587. The maximum Gasteiger partial charge on any atom is 0.145 e. The number of rotatable bonds is 3. The molecular weight excluding hydrogens is 281 g/mol. The molecule has 0 aliphatic heterocycles. The minimum atomic E-state index is -0.497. The summed E-state index contributed by atoms with van der Waals surface area (Å²) in [4.78, 5) is 3.95. The van der Waals surface area contributed by atoms with Crippen LogP contribution >= 0.6 is 23.2 Å². The van der Waals surface area contributed by atoms with E-state index < -0.39 is 11.6 Å². The summed E-state index contributed by atoms with van der Waals surface area (Å²) in [5, 5.41) is 3.54. The summed E-state index contributed by atoms with van der Waals surface area (Å²) in [6, 6.07) is 4.77. The fourth-order valence-corrected chi connectivity index (χ4v) is 1.85. The zero-order valence-electron chi connectivity index (χ0n) is 9.05. The van der Waals surface area contributed by atoms with Crippen molar-refractivity contribution in [3.05, 3.63) is 57.7 Å². The molecule has 0 aliphatic rings. The average molecular weight is 289 g/mol. The average Bonchev–Trinajstić information content (AvgIpc) is 2.32. The Morgan fingerprint density at radius 3 is 2.67 bits per heavy atom. The van der Waals surface area contributed by atoms with Gasteiger partial charge in [0.05, 0.1) is 10.0 Å². The van der Waals surface area contributed by atoms with Crippen molar-refractivity contribution in [3.8, 4) is 0 Å². The summed E-state index contributed by atoms with van der Waals surface area (Å²) < 4.78 is 26.3. The molecule has 0 spiro atoms. The first kappa shape index (κ1) is 13.1. The Bertz CT molecular complexity index is 576. The molecule has 0 fully saturated rings. The second-order valence-electron chi connectivity index (χ2n) is 3.57. The topological polar surface area (TPSA) is 24.9 Å². The third kappa shape index (κ3) is 3.09. The summed E-state index contributed by atoms with van der Waals surface area (Å²) in [6.45, 7) is 0.0813. The van der Waals surface area contributed by atoms with Gasteiger partial charge >= 0.3 is 0 Å². The van der Waals surface area contributed by atoms with E-state index in [1.807, 2.05) is 0 Å². The largest absolute Gasteiger partial charge is 0.365 e. The Hall–Kier alpha value is -1.39. The number of hydrogen-bond acceptors (Lipinski definition) is 2. The van der Waals surface area contributed by atoms with Crippen LogP contribution in [0, 0.1) is 11.6 Å². The van der Waals surface area contributed by atoms with Gasteiger partial charge in [0, 0.05) is 18.3 Å². The lowest BCUT2D eigenvalue weighted by Gasteiger charge is -2.08. The highest BCUT2D eigenvalue weighted by Crippen LogP contribution is 2.23. The summed E-state index contributed by atoms with van der Waals surface area (Å²) in [5.41, 5.74) is 0.197. The third-order valence-electron chi connectivity index (χ3n) is 2.26. The molecule has 1 N–H and O–H groups in total. The molecule has 0 amide bonds. The van der Waals surface area contributed by atoms with Gasteiger partial charge in [-0.1, -0.05) is 23.2 Å². The van der Waals surface area contributed by atoms with Gasteiger partial charge in [0.25, 0.3) is 0 Å². The maximum absolute atomic E-state index is 13.4. The van der Waals surface area contributed by atoms with Gasteiger partial charge in [-0.05, 0) is 24.3 Å². The quantitative estimate of drug-likeness (QED) is 0.912. The molecule has 94 valence electrons. The van der Waals surface area contributed by atoms with Gasteiger partial charge in [0.1, 0.15) is 17.5 Å². The molecule has 0 radical (unpaired) electrons. The lowest BCUT2D eigenvalue weighted by atomic mass is 10.2. The highest BCUT2D eigenvalue weighted by molar-refractivity contribution is 6.35. The predicted octanol–water partition coefficient (Wildman–Crippen LogP) is 4.28. The predicted molar refractivity (Wildman–Crippen MR) is 67.9 cm³/mol. The lowest BCUT2D eigenvalue weighted by Crippen LogP contribution is -2.04. The van der Waals surface area contributed by atoms with Crippen molar-refractivity contribution in [3.63, 3.8) is 0 Å². The zero-order chi connectivity index (χ0) is 13.1. The molecular formula is C12H8Cl2F2N2.